The van der Waals surface area contributed by atoms with E-state index < -0.39 is 56.5 Å². The Morgan fingerprint density at radius 2 is 1.57 bits per heavy atom. The van der Waals surface area contributed by atoms with Crippen LogP contribution in [0.5, 0.6) is 0 Å². The highest BCUT2D eigenvalue weighted by Crippen LogP contribution is 2.47. The van der Waals surface area contributed by atoms with Crippen LogP contribution in [0, 0.1) is 0 Å². The van der Waals surface area contributed by atoms with Crippen molar-refractivity contribution in [2.45, 2.75) is 75.5 Å². The van der Waals surface area contributed by atoms with Gasteiger partial charge in [0.15, 0.2) is 0 Å². The van der Waals surface area contributed by atoms with E-state index in [-0.39, 0.29) is 19.3 Å². The van der Waals surface area contributed by atoms with Gasteiger partial charge in [0.1, 0.15) is 52.3 Å². The highest BCUT2D eigenvalue weighted by Gasteiger charge is 2.47. The first-order chi connectivity index (χ1) is 13.1. The standard InChI is InChI=1S/C15H31B2O10P/c1-4-22-12-9(26-14(16)10(12)18)6-24-28(20,21)27-13-8(5-23-7(2)3)25-15(17)11(13)19/h7-15,18-19H,4-6,16-17H2,1-3H3,(H,20,21)/t8-,9-,10?,11?,12+,13+,14-,15-/m1/s1. The lowest BCUT2D eigenvalue weighted by Gasteiger charge is -2.25. The van der Waals surface area contributed by atoms with E-state index in [9.17, 15) is 19.7 Å². The number of hydrogen-bond donors (Lipinski definition) is 3. The molecule has 2 rings (SSSR count). The van der Waals surface area contributed by atoms with E-state index in [4.69, 9.17) is 28.0 Å². The summed E-state index contributed by atoms with van der Waals surface area (Å²) >= 11 is 0. The second-order valence-electron chi connectivity index (χ2n) is 7.38. The molecule has 0 spiro atoms. The van der Waals surface area contributed by atoms with Gasteiger partial charge in [-0.1, -0.05) is 0 Å². The van der Waals surface area contributed by atoms with Gasteiger partial charge >= 0.3 is 7.82 Å². The molecule has 3 unspecified atom stereocenters. The lowest BCUT2D eigenvalue weighted by atomic mass is 9.93. The van der Waals surface area contributed by atoms with E-state index in [0.29, 0.717) is 6.61 Å². The molecule has 3 N–H and O–H groups in total. The molecular formula is C15H31B2O10P. The third-order valence-corrected chi connectivity index (χ3v) is 5.74. The molecule has 2 fully saturated rings. The molecule has 13 heteroatoms. The molecule has 0 aromatic carbocycles. The van der Waals surface area contributed by atoms with Gasteiger partial charge in [0.25, 0.3) is 0 Å². The smallest absolute Gasteiger partial charge is 0.388 e. The third-order valence-electron chi connectivity index (χ3n) is 4.76. The minimum Gasteiger partial charge on any atom is -0.388 e. The Labute approximate surface area is 167 Å². The Morgan fingerprint density at radius 3 is 2.11 bits per heavy atom. The van der Waals surface area contributed by atoms with Crippen LogP contribution in [0.25, 0.3) is 0 Å². The van der Waals surface area contributed by atoms with Gasteiger partial charge in [0.05, 0.1) is 31.3 Å². The van der Waals surface area contributed by atoms with Crippen LogP contribution in [0.2, 0.25) is 0 Å². The summed E-state index contributed by atoms with van der Waals surface area (Å²) in [5.74, 6) is 0. The van der Waals surface area contributed by atoms with E-state index in [1.54, 1.807) is 22.6 Å². The summed E-state index contributed by atoms with van der Waals surface area (Å²) in [4.78, 5) is 10.1. The molecule has 0 aliphatic carbocycles. The van der Waals surface area contributed by atoms with Crippen molar-refractivity contribution in [2.75, 3.05) is 19.8 Å². The largest absolute Gasteiger partial charge is 0.472 e. The maximum absolute atomic E-state index is 12.4. The zero-order valence-corrected chi connectivity index (χ0v) is 17.9. The second-order valence-corrected chi connectivity index (χ2v) is 8.78. The third kappa shape index (κ3) is 6.25. The predicted octanol–water partition coefficient (Wildman–Crippen LogP) is -2.24. The zero-order chi connectivity index (χ0) is 21.1. The van der Waals surface area contributed by atoms with Crippen LogP contribution >= 0.6 is 7.82 Å². The fraction of sp³-hybridized carbons (Fsp3) is 1.00. The molecule has 9 atom stereocenters. The van der Waals surface area contributed by atoms with Crippen molar-refractivity contribution in [1.82, 2.24) is 0 Å². The Hall–Kier alpha value is -0.000130. The van der Waals surface area contributed by atoms with E-state index in [1.165, 1.54) is 0 Å². The number of hydrogen-bond acceptors (Lipinski definition) is 9. The van der Waals surface area contributed by atoms with E-state index in [2.05, 4.69) is 0 Å². The highest BCUT2D eigenvalue weighted by atomic mass is 31.2. The molecule has 2 saturated heterocycles. The van der Waals surface area contributed by atoms with Crippen LogP contribution in [0.3, 0.4) is 0 Å². The summed E-state index contributed by atoms with van der Waals surface area (Å²) in [7, 11) is -1.22. The quantitative estimate of drug-likeness (QED) is 0.261. The van der Waals surface area contributed by atoms with Crippen LogP contribution < -0.4 is 0 Å². The number of aliphatic hydroxyl groups is 2. The van der Waals surface area contributed by atoms with Gasteiger partial charge < -0.3 is 34.1 Å². The second kappa shape index (κ2) is 10.3. The average molecular weight is 424 g/mol. The maximum atomic E-state index is 12.4. The van der Waals surface area contributed by atoms with Crippen LogP contribution in [0.4, 0.5) is 0 Å². The normalized spacial score (nSPS) is 40.8. The number of phosphoric acid groups is 1. The van der Waals surface area contributed by atoms with Crippen molar-refractivity contribution in [3.05, 3.63) is 0 Å². The summed E-state index contributed by atoms with van der Waals surface area (Å²) < 4.78 is 44.8. The fourth-order valence-corrected chi connectivity index (χ4v) is 4.24. The Bertz CT molecular complexity index is 541. The number of rotatable bonds is 10. The number of aliphatic hydroxyl groups excluding tert-OH is 2. The Balaban J connectivity index is 1.95. The molecular weight excluding hydrogens is 393 g/mol. The molecule has 28 heavy (non-hydrogen) atoms. The predicted molar refractivity (Wildman–Crippen MR) is 104 cm³/mol. The molecule has 2 heterocycles. The van der Waals surface area contributed by atoms with Gasteiger partial charge in [-0.25, -0.2) is 4.57 Å². The molecule has 10 nitrogen and oxygen atoms in total. The molecule has 0 aromatic heterocycles. The van der Waals surface area contributed by atoms with Crippen LogP contribution in [0.1, 0.15) is 20.8 Å². The van der Waals surface area contributed by atoms with Crippen molar-refractivity contribution in [2.24, 2.45) is 0 Å². The molecule has 162 valence electrons. The molecule has 2 aliphatic rings. The van der Waals surface area contributed by atoms with E-state index >= 15 is 0 Å². The SMILES string of the molecule is B[C@@H]1O[C@H](COP(=O)(O)O[C@@H]2C(O)[C@H](B)O[C@@H]2COC(C)C)[C@H](OCC)C1O. The highest BCUT2D eigenvalue weighted by molar-refractivity contribution is 7.47. The van der Waals surface area contributed by atoms with Crippen molar-refractivity contribution >= 4 is 23.5 Å². The van der Waals surface area contributed by atoms with Crippen molar-refractivity contribution in [1.29, 1.82) is 0 Å². The minimum atomic E-state index is -4.54. The summed E-state index contributed by atoms with van der Waals surface area (Å²) in [6, 6.07) is -1.07. The van der Waals surface area contributed by atoms with Crippen LogP contribution in [-0.2, 0) is 32.6 Å². The van der Waals surface area contributed by atoms with Gasteiger partial charge in [0.2, 0.25) is 0 Å². The molecule has 0 saturated carbocycles. The molecule has 0 amide bonds. The van der Waals surface area contributed by atoms with Crippen molar-refractivity contribution in [3.8, 4) is 0 Å². The summed E-state index contributed by atoms with van der Waals surface area (Å²) in [5.41, 5.74) is 0. The minimum absolute atomic E-state index is 0.0714. The van der Waals surface area contributed by atoms with Gasteiger partial charge in [0, 0.05) is 6.61 Å². The van der Waals surface area contributed by atoms with Crippen LogP contribution in [0.15, 0.2) is 0 Å². The molecule has 0 aromatic rings. The summed E-state index contributed by atoms with van der Waals surface area (Å²) in [5, 5.41) is 20.3. The first-order valence-electron chi connectivity index (χ1n) is 9.61. The van der Waals surface area contributed by atoms with Gasteiger partial charge in [-0.3, -0.25) is 9.05 Å². The molecule has 2 aliphatic heterocycles. The summed E-state index contributed by atoms with van der Waals surface area (Å²) in [6.07, 6.45) is -5.23. The fourth-order valence-electron chi connectivity index (χ4n) is 3.28. The van der Waals surface area contributed by atoms with Crippen molar-refractivity contribution < 1.29 is 47.7 Å². The van der Waals surface area contributed by atoms with Gasteiger partial charge in [-0.05, 0) is 20.8 Å². The Morgan fingerprint density at radius 1 is 1.04 bits per heavy atom. The lowest BCUT2D eigenvalue weighted by Crippen LogP contribution is -2.38. The van der Waals surface area contributed by atoms with Crippen LogP contribution in [-0.4, -0.2) is 105 Å². The van der Waals surface area contributed by atoms with E-state index in [0.717, 1.165) is 0 Å². The van der Waals surface area contributed by atoms with Gasteiger partial charge in [-0.2, -0.15) is 0 Å². The van der Waals surface area contributed by atoms with Gasteiger partial charge in [-0.15, -0.1) is 0 Å². The van der Waals surface area contributed by atoms with Crippen molar-refractivity contribution in [3.63, 3.8) is 0 Å². The average Bonchev–Trinajstić information content (AvgIpc) is 3.03. The monoisotopic (exact) mass is 424 g/mol. The Kier molecular flexibility index (Phi) is 8.97. The maximum Gasteiger partial charge on any atom is 0.472 e. The molecule has 0 radical (unpaired) electrons. The number of phosphoric ester groups is 1. The lowest BCUT2D eigenvalue weighted by molar-refractivity contribution is -0.0619. The number of ether oxygens (including phenoxy) is 4. The summed E-state index contributed by atoms with van der Waals surface area (Å²) in [6.45, 7) is 5.60. The first-order valence-corrected chi connectivity index (χ1v) is 11.1. The zero-order valence-electron chi connectivity index (χ0n) is 17.0. The van der Waals surface area contributed by atoms with E-state index in [1.807, 2.05) is 13.8 Å². The first kappa shape index (κ1) is 24.3. The topological polar surface area (TPSA) is 133 Å². The molecule has 0 bridgehead atoms.